The molecule has 0 spiro atoms. The van der Waals surface area contributed by atoms with Crippen molar-refractivity contribution in [1.29, 1.82) is 0 Å². The summed E-state index contributed by atoms with van der Waals surface area (Å²) >= 11 is 0. The summed E-state index contributed by atoms with van der Waals surface area (Å²) in [4.78, 5) is 15.4. The molecule has 0 fully saturated rings. The van der Waals surface area contributed by atoms with E-state index in [1.807, 2.05) is 42.5 Å². The smallest absolute Gasteiger partial charge is 0.164 e. The molecular weight excluding hydrogens is 671 g/mol. The van der Waals surface area contributed by atoms with E-state index in [1.165, 1.54) is 38.8 Å². The molecule has 2 aromatic heterocycles. The lowest BCUT2D eigenvalue weighted by Gasteiger charge is -2.33. The molecule has 0 aliphatic heterocycles. The summed E-state index contributed by atoms with van der Waals surface area (Å²) in [7, 11) is 0. The van der Waals surface area contributed by atoms with Crippen molar-refractivity contribution in [3.05, 3.63) is 210 Å². The largest absolute Gasteiger partial charge is 0.456 e. The van der Waals surface area contributed by atoms with E-state index in [0.717, 1.165) is 44.0 Å². The zero-order chi connectivity index (χ0) is 35.6. The average Bonchev–Trinajstić information content (AvgIpc) is 3.78. The Balaban J connectivity index is 0.00000372. The highest BCUT2D eigenvalue weighted by Gasteiger charge is 2.46. The number of furan rings is 1. The number of benzene rings is 8. The second-order valence-electron chi connectivity index (χ2n) is 13.9. The van der Waals surface area contributed by atoms with Gasteiger partial charge >= 0.3 is 0 Å². The molecule has 8 aromatic carbocycles. The second kappa shape index (κ2) is 12.8. The van der Waals surface area contributed by atoms with Gasteiger partial charge in [0.1, 0.15) is 11.2 Å². The highest BCUT2D eigenvalue weighted by molar-refractivity contribution is 6.12. The molecule has 0 amide bonds. The van der Waals surface area contributed by atoms with E-state index in [2.05, 4.69) is 146 Å². The molecule has 0 saturated carbocycles. The molecule has 260 valence electrons. The molecule has 4 nitrogen and oxygen atoms in total. The SMILES string of the molecule is C.c1ccc(-c2nc(-c3ccc4ccccc4c3)nc(-c3cccc4oc5ccc(C6(c7ccccc7)c7ccccc7-c7ccccc76)cc5c34)n2)cc1. The van der Waals surface area contributed by atoms with Crippen molar-refractivity contribution in [2.75, 3.05) is 0 Å². The quantitative estimate of drug-likeness (QED) is 0.179. The van der Waals surface area contributed by atoms with Crippen molar-refractivity contribution >= 4 is 32.7 Å². The Morgan fingerprint density at radius 2 is 0.982 bits per heavy atom. The molecule has 0 saturated heterocycles. The van der Waals surface area contributed by atoms with Gasteiger partial charge < -0.3 is 4.42 Å². The monoisotopic (exact) mass is 705 g/mol. The van der Waals surface area contributed by atoms with Crippen LogP contribution in [0.1, 0.15) is 29.7 Å². The highest BCUT2D eigenvalue weighted by atomic mass is 16.3. The van der Waals surface area contributed by atoms with Crippen LogP contribution in [0.15, 0.2) is 192 Å². The molecule has 0 N–H and O–H groups in total. The van der Waals surface area contributed by atoms with Crippen LogP contribution in [0.4, 0.5) is 0 Å². The number of aromatic nitrogens is 3. The number of hydrogen-bond donors (Lipinski definition) is 0. The zero-order valence-corrected chi connectivity index (χ0v) is 29.1. The predicted molar refractivity (Wildman–Crippen MR) is 225 cm³/mol. The van der Waals surface area contributed by atoms with E-state index in [1.54, 1.807) is 0 Å². The van der Waals surface area contributed by atoms with Gasteiger partial charge in [0, 0.05) is 27.5 Å². The normalized spacial score (nSPS) is 12.7. The Morgan fingerprint density at radius 3 is 1.73 bits per heavy atom. The molecule has 0 atom stereocenters. The molecule has 1 aliphatic carbocycles. The number of hydrogen-bond acceptors (Lipinski definition) is 4. The van der Waals surface area contributed by atoms with Gasteiger partial charge in [-0.3, -0.25) is 0 Å². The Kier molecular flexibility index (Phi) is 7.53. The molecule has 55 heavy (non-hydrogen) atoms. The van der Waals surface area contributed by atoms with Crippen LogP contribution < -0.4 is 0 Å². The topological polar surface area (TPSA) is 51.8 Å². The number of fused-ring (bicyclic) bond motifs is 7. The van der Waals surface area contributed by atoms with Gasteiger partial charge in [0.05, 0.1) is 5.41 Å². The highest BCUT2D eigenvalue weighted by Crippen LogP contribution is 2.56. The van der Waals surface area contributed by atoms with Gasteiger partial charge in [-0.05, 0) is 68.4 Å². The average molecular weight is 706 g/mol. The molecule has 1 aliphatic rings. The fourth-order valence-corrected chi connectivity index (χ4v) is 8.63. The van der Waals surface area contributed by atoms with Crippen LogP contribution in [0.25, 0.3) is 78.0 Å². The fraction of sp³-hybridized carbons (Fsp3) is 0.0392. The van der Waals surface area contributed by atoms with Crippen molar-refractivity contribution in [3.63, 3.8) is 0 Å². The standard InChI is InChI=1S/C50H31N3O.CH4/c1-3-15-33(16-4-1)47-51-48(35-27-26-32-14-7-8-17-34(32)30-35)53-49(52-47)40-22-13-25-45-46(40)41-31-37(28-29-44(41)54-45)50(36-18-5-2-6-19-36)42-23-11-9-20-38(42)39-21-10-12-24-43(39)50;/h1-31H;1H4. The lowest BCUT2D eigenvalue weighted by Crippen LogP contribution is -2.28. The number of nitrogens with zero attached hydrogens (tertiary/aromatic N) is 3. The minimum atomic E-state index is -0.530. The first-order chi connectivity index (χ1) is 26.8. The Hall–Kier alpha value is -7.17. The van der Waals surface area contributed by atoms with Crippen LogP contribution in [0.3, 0.4) is 0 Å². The fourth-order valence-electron chi connectivity index (χ4n) is 8.63. The third kappa shape index (κ3) is 4.95. The molecule has 11 rings (SSSR count). The van der Waals surface area contributed by atoms with Crippen molar-refractivity contribution in [1.82, 2.24) is 15.0 Å². The molecular formula is C51H35N3O. The third-order valence-corrected chi connectivity index (χ3v) is 11.0. The Bertz CT molecular complexity index is 3010. The first-order valence-corrected chi connectivity index (χ1v) is 18.3. The van der Waals surface area contributed by atoms with Gasteiger partial charge in [-0.1, -0.05) is 171 Å². The first kappa shape index (κ1) is 32.5. The van der Waals surface area contributed by atoms with Crippen LogP contribution in [-0.4, -0.2) is 15.0 Å². The zero-order valence-electron chi connectivity index (χ0n) is 29.1. The van der Waals surface area contributed by atoms with E-state index in [9.17, 15) is 0 Å². The molecule has 2 heterocycles. The first-order valence-electron chi connectivity index (χ1n) is 18.3. The predicted octanol–water partition coefficient (Wildman–Crippen LogP) is 12.9. The van der Waals surface area contributed by atoms with Crippen LogP contribution in [0, 0.1) is 0 Å². The molecule has 0 unspecified atom stereocenters. The van der Waals surface area contributed by atoms with E-state index in [-0.39, 0.29) is 7.43 Å². The molecule has 4 heteroatoms. The van der Waals surface area contributed by atoms with E-state index in [0.29, 0.717) is 17.5 Å². The number of rotatable bonds is 5. The molecule has 0 bridgehead atoms. The molecule has 10 aromatic rings. The lowest BCUT2D eigenvalue weighted by molar-refractivity contribution is 0.668. The van der Waals surface area contributed by atoms with Gasteiger partial charge in [0.15, 0.2) is 17.5 Å². The Labute approximate surface area is 319 Å². The van der Waals surface area contributed by atoms with Crippen molar-refractivity contribution in [2.45, 2.75) is 12.8 Å². The van der Waals surface area contributed by atoms with Crippen LogP contribution in [0.2, 0.25) is 0 Å². The van der Waals surface area contributed by atoms with E-state index in [4.69, 9.17) is 19.4 Å². The minimum absolute atomic E-state index is 0. The maximum absolute atomic E-state index is 6.62. The van der Waals surface area contributed by atoms with Crippen LogP contribution >= 0.6 is 0 Å². The van der Waals surface area contributed by atoms with Crippen molar-refractivity contribution in [3.8, 4) is 45.3 Å². The van der Waals surface area contributed by atoms with E-state index < -0.39 is 5.41 Å². The van der Waals surface area contributed by atoms with Crippen molar-refractivity contribution in [2.24, 2.45) is 0 Å². The van der Waals surface area contributed by atoms with Crippen molar-refractivity contribution < 1.29 is 4.42 Å². The third-order valence-electron chi connectivity index (χ3n) is 11.0. The summed E-state index contributed by atoms with van der Waals surface area (Å²) in [6, 6.07) is 66.3. The summed E-state index contributed by atoms with van der Waals surface area (Å²) in [6.45, 7) is 0. The minimum Gasteiger partial charge on any atom is -0.456 e. The van der Waals surface area contributed by atoms with Gasteiger partial charge in [-0.2, -0.15) is 0 Å². The van der Waals surface area contributed by atoms with Gasteiger partial charge in [0.2, 0.25) is 0 Å². The summed E-state index contributed by atoms with van der Waals surface area (Å²) in [5.41, 5.74) is 11.3. The summed E-state index contributed by atoms with van der Waals surface area (Å²) in [6.07, 6.45) is 0. The van der Waals surface area contributed by atoms with Crippen LogP contribution in [-0.2, 0) is 5.41 Å². The summed E-state index contributed by atoms with van der Waals surface area (Å²) < 4.78 is 6.62. The second-order valence-corrected chi connectivity index (χ2v) is 13.9. The van der Waals surface area contributed by atoms with Gasteiger partial charge in [-0.15, -0.1) is 0 Å². The molecule has 0 radical (unpaired) electrons. The maximum atomic E-state index is 6.62. The summed E-state index contributed by atoms with van der Waals surface area (Å²) in [5.74, 6) is 1.84. The van der Waals surface area contributed by atoms with Gasteiger partial charge in [-0.25, -0.2) is 15.0 Å². The maximum Gasteiger partial charge on any atom is 0.164 e. The lowest BCUT2D eigenvalue weighted by atomic mass is 9.67. The van der Waals surface area contributed by atoms with E-state index >= 15 is 0 Å². The Morgan fingerprint density at radius 1 is 0.382 bits per heavy atom. The van der Waals surface area contributed by atoms with Crippen LogP contribution in [0.5, 0.6) is 0 Å². The summed E-state index contributed by atoms with van der Waals surface area (Å²) in [5, 5.41) is 4.30. The van der Waals surface area contributed by atoms with Gasteiger partial charge in [0.25, 0.3) is 0 Å².